The first kappa shape index (κ1) is 14.5. The summed E-state index contributed by atoms with van der Waals surface area (Å²) in [4.78, 5) is 16.4. The first-order valence-corrected chi connectivity index (χ1v) is 7.02. The number of Topliss-reactive ketones (excluding diaryl/α,β-unsaturated/α-hetero) is 1. The molecule has 0 saturated carbocycles. The Bertz CT molecular complexity index is 583. The fraction of sp³-hybridized carbons (Fsp3) is 0.286. The Labute approximate surface area is 121 Å². The molecule has 0 amide bonds. The number of nitrogen functional groups attached to an aromatic ring is 1. The largest absolute Gasteiger partial charge is 0.490 e. The molecule has 0 radical (unpaired) electrons. The molecule has 0 aliphatic carbocycles. The summed E-state index contributed by atoms with van der Waals surface area (Å²) in [6, 6.07) is 7.17. The number of carbonyl (C=O) groups is 1. The summed E-state index contributed by atoms with van der Waals surface area (Å²) in [5, 5.41) is 2.26. The average Bonchev–Trinajstić information content (AvgIpc) is 2.85. The summed E-state index contributed by atoms with van der Waals surface area (Å²) in [5.74, 6) is 0.529. The van der Waals surface area contributed by atoms with Gasteiger partial charge >= 0.3 is 0 Å². The molecule has 1 aromatic heterocycles. The summed E-state index contributed by atoms with van der Waals surface area (Å²) < 4.78 is 10.5. The van der Waals surface area contributed by atoms with Gasteiger partial charge in [0.05, 0.1) is 24.3 Å². The molecule has 5 nitrogen and oxygen atoms in total. The lowest BCUT2D eigenvalue weighted by molar-refractivity contribution is 0.0984. The molecule has 0 unspecified atom stereocenters. The number of hydrogen-bond donors (Lipinski definition) is 1. The Hall–Kier alpha value is -1.92. The number of hydrogen-bond acceptors (Lipinski definition) is 6. The number of anilines is 1. The summed E-state index contributed by atoms with van der Waals surface area (Å²) >= 11 is 1.33. The third kappa shape index (κ3) is 3.79. The van der Waals surface area contributed by atoms with Gasteiger partial charge in [-0.1, -0.05) is 12.1 Å². The zero-order valence-corrected chi connectivity index (χ0v) is 12.0. The van der Waals surface area contributed by atoms with E-state index in [1.807, 2.05) is 12.1 Å². The molecule has 0 aliphatic rings. The lowest BCUT2D eigenvalue weighted by Crippen LogP contribution is -2.10. The molecule has 0 bridgehead atoms. The van der Waals surface area contributed by atoms with Crippen LogP contribution in [0.15, 0.2) is 29.6 Å². The van der Waals surface area contributed by atoms with Crippen LogP contribution < -0.4 is 10.5 Å². The highest BCUT2D eigenvalue weighted by Crippen LogP contribution is 2.21. The lowest BCUT2D eigenvalue weighted by Gasteiger charge is -2.09. The molecule has 0 saturated heterocycles. The maximum atomic E-state index is 12.3. The number of aromatic nitrogens is 1. The molecular formula is C14H16N2O3S. The Morgan fingerprint density at radius 3 is 2.85 bits per heavy atom. The van der Waals surface area contributed by atoms with Gasteiger partial charge in [0.15, 0.2) is 10.9 Å². The van der Waals surface area contributed by atoms with E-state index in [4.69, 9.17) is 15.2 Å². The fourth-order valence-electron chi connectivity index (χ4n) is 1.72. The maximum Gasteiger partial charge on any atom is 0.180 e. The van der Waals surface area contributed by atoms with Gasteiger partial charge in [0, 0.05) is 12.5 Å². The highest BCUT2D eigenvalue weighted by molar-refractivity contribution is 7.13. The Morgan fingerprint density at radius 2 is 2.15 bits per heavy atom. The number of para-hydroxylation sites is 1. The predicted molar refractivity (Wildman–Crippen MR) is 78.4 cm³/mol. The molecule has 2 aromatic rings. The van der Waals surface area contributed by atoms with Gasteiger partial charge in [-0.3, -0.25) is 4.79 Å². The molecule has 0 fully saturated rings. The number of rotatable bonds is 7. The van der Waals surface area contributed by atoms with Gasteiger partial charge in [-0.2, -0.15) is 0 Å². The molecule has 106 valence electrons. The second kappa shape index (κ2) is 7.02. The van der Waals surface area contributed by atoms with Gasteiger partial charge < -0.3 is 15.2 Å². The van der Waals surface area contributed by atoms with Gasteiger partial charge in [-0.15, -0.1) is 11.3 Å². The molecule has 6 heteroatoms. The number of carbonyl (C=O) groups excluding carboxylic acids is 1. The van der Waals surface area contributed by atoms with E-state index in [1.54, 1.807) is 24.6 Å². The van der Waals surface area contributed by atoms with Gasteiger partial charge in [0.1, 0.15) is 12.4 Å². The Kier molecular flexibility index (Phi) is 5.09. The van der Waals surface area contributed by atoms with Gasteiger partial charge in [0.2, 0.25) is 0 Å². The number of benzene rings is 1. The molecule has 0 spiro atoms. The van der Waals surface area contributed by atoms with Crippen molar-refractivity contribution in [3.05, 3.63) is 40.9 Å². The number of ether oxygens (including phenoxy) is 2. The van der Waals surface area contributed by atoms with Crippen LogP contribution in [0, 0.1) is 0 Å². The van der Waals surface area contributed by atoms with Crippen molar-refractivity contribution < 1.29 is 14.3 Å². The van der Waals surface area contributed by atoms with Crippen LogP contribution in [0.1, 0.15) is 16.1 Å². The van der Waals surface area contributed by atoms with E-state index in [0.29, 0.717) is 35.4 Å². The second-order valence-electron chi connectivity index (χ2n) is 4.11. The summed E-state index contributed by atoms with van der Waals surface area (Å²) in [5.41, 5.74) is 6.80. The number of nitrogens with zero attached hydrogens (tertiary/aromatic N) is 1. The molecular weight excluding hydrogens is 276 g/mol. The van der Waals surface area contributed by atoms with E-state index in [-0.39, 0.29) is 12.2 Å². The maximum absolute atomic E-state index is 12.3. The van der Waals surface area contributed by atoms with Crippen LogP contribution in [-0.2, 0) is 11.2 Å². The van der Waals surface area contributed by atoms with Crippen LogP contribution in [0.4, 0.5) is 5.13 Å². The van der Waals surface area contributed by atoms with Gasteiger partial charge in [0.25, 0.3) is 0 Å². The van der Waals surface area contributed by atoms with Crippen molar-refractivity contribution in [2.75, 3.05) is 26.1 Å². The van der Waals surface area contributed by atoms with E-state index in [9.17, 15) is 4.79 Å². The normalized spacial score (nSPS) is 10.4. The standard InChI is InChI=1S/C14H16N2O3S/c1-18-6-7-19-13-5-3-2-4-11(13)12(17)8-10-9-20-14(15)16-10/h2-5,9H,6-8H2,1H3,(H2,15,16). The van der Waals surface area contributed by atoms with Gasteiger partial charge in [-0.05, 0) is 12.1 Å². The fourth-order valence-corrected chi connectivity index (χ4v) is 2.28. The van der Waals surface area contributed by atoms with Crippen LogP contribution in [0.25, 0.3) is 0 Å². The third-order valence-electron chi connectivity index (χ3n) is 2.64. The second-order valence-corrected chi connectivity index (χ2v) is 5.00. The van der Waals surface area contributed by atoms with Crippen molar-refractivity contribution >= 4 is 22.3 Å². The molecule has 1 aromatic carbocycles. The number of thiazole rings is 1. The van der Waals surface area contributed by atoms with Crippen LogP contribution in [0.5, 0.6) is 5.75 Å². The van der Waals surface area contributed by atoms with E-state index < -0.39 is 0 Å². The van der Waals surface area contributed by atoms with Crippen LogP contribution in [0.3, 0.4) is 0 Å². The summed E-state index contributed by atoms with van der Waals surface area (Å²) in [6.07, 6.45) is 0.221. The molecule has 0 atom stereocenters. The molecule has 2 rings (SSSR count). The van der Waals surface area contributed by atoms with Crippen molar-refractivity contribution in [2.24, 2.45) is 0 Å². The molecule has 2 N–H and O–H groups in total. The number of nitrogens with two attached hydrogens (primary N) is 1. The zero-order valence-electron chi connectivity index (χ0n) is 11.2. The highest BCUT2D eigenvalue weighted by atomic mass is 32.1. The van der Waals surface area contributed by atoms with Crippen molar-refractivity contribution in [1.29, 1.82) is 0 Å². The minimum Gasteiger partial charge on any atom is -0.490 e. The summed E-state index contributed by atoms with van der Waals surface area (Å²) in [7, 11) is 1.60. The van der Waals surface area contributed by atoms with Crippen LogP contribution >= 0.6 is 11.3 Å². The number of ketones is 1. The van der Waals surface area contributed by atoms with E-state index in [0.717, 1.165) is 0 Å². The topological polar surface area (TPSA) is 74.4 Å². The minimum atomic E-state index is -0.0386. The zero-order chi connectivity index (χ0) is 14.4. The predicted octanol–water partition coefficient (Wildman–Crippen LogP) is 2.18. The first-order valence-electron chi connectivity index (χ1n) is 6.14. The molecule has 1 heterocycles. The van der Waals surface area contributed by atoms with Crippen molar-refractivity contribution in [3.63, 3.8) is 0 Å². The van der Waals surface area contributed by atoms with Crippen molar-refractivity contribution in [2.45, 2.75) is 6.42 Å². The van der Waals surface area contributed by atoms with Crippen molar-refractivity contribution in [1.82, 2.24) is 4.98 Å². The van der Waals surface area contributed by atoms with Gasteiger partial charge in [-0.25, -0.2) is 4.98 Å². The third-order valence-corrected chi connectivity index (χ3v) is 3.37. The van der Waals surface area contributed by atoms with Crippen molar-refractivity contribution in [3.8, 4) is 5.75 Å². The summed E-state index contributed by atoms with van der Waals surface area (Å²) in [6.45, 7) is 0.885. The smallest absolute Gasteiger partial charge is 0.180 e. The highest BCUT2D eigenvalue weighted by Gasteiger charge is 2.14. The lowest BCUT2D eigenvalue weighted by atomic mass is 10.1. The molecule has 0 aliphatic heterocycles. The minimum absolute atomic E-state index is 0.0386. The Morgan fingerprint density at radius 1 is 1.35 bits per heavy atom. The first-order chi connectivity index (χ1) is 9.70. The quantitative estimate of drug-likeness (QED) is 0.625. The Balaban J connectivity index is 2.08. The van der Waals surface area contributed by atoms with Crippen LogP contribution in [0.2, 0.25) is 0 Å². The monoisotopic (exact) mass is 292 g/mol. The van der Waals surface area contributed by atoms with Crippen LogP contribution in [-0.4, -0.2) is 31.1 Å². The SMILES string of the molecule is COCCOc1ccccc1C(=O)Cc1csc(N)n1. The van der Waals surface area contributed by atoms with E-state index in [1.165, 1.54) is 11.3 Å². The average molecular weight is 292 g/mol. The van der Waals surface area contributed by atoms with E-state index in [2.05, 4.69) is 4.98 Å². The molecule has 20 heavy (non-hydrogen) atoms. The number of methoxy groups -OCH3 is 1. The van der Waals surface area contributed by atoms with E-state index >= 15 is 0 Å².